The summed E-state index contributed by atoms with van der Waals surface area (Å²) < 4.78 is 0. The largest absolute Gasteiger partial charge is 0.387 e. The minimum atomic E-state index is -0.383. The van der Waals surface area contributed by atoms with Gasteiger partial charge in [0.05, 0.1) is 6.10 Å². The van der Waals surface area contributed by atoms with Gasteiger partial charge in [-0.3, -0.25) is 0 Å². The van der Waals surface area contributed by atoms with Gasteiger partial charge >= 0.3 is 0 Å². The third-order valence-electron chi connectivity index (χ3n) is 4.35. The summed E-state index contributed by atoms with van der Waals surface area (Å²) in [5, 5.41) is 10.3. The van der Waals surface area contributed by atoms with E-state index in [0.29, 0.717) is 0 Å². The second-order valence-corrected chi connectivity index (χ2v) is 6.39. The van der Waals surface area contributed by atoms with Gasteiger partial charge in [0, 0.05) is 13.1 Å². The summed E-state index contributed by atoms with van der Waals surface area (Å²) >= 11 is 0. The molecule has 0 saturated carbocycles. The SMILES string of the molecule is Cc1ccc(C(O)CN(C)CC2CCN(C)CC2)cc1. The van der Waals surface area contributed by atoms with Crippen LogP contribution in [0.5, 0.6) is 0 Å². The van der Waals surface area contributed by atoms with E-state index in [1.54, 1.807) is 0 Å². The Kier molecular flexibility index (Phi) is 5.58. The Morgan fingerprint density at radius 3 is 2.45 bits per heavy atom. The van der Waals surface area contributed by atoms with Gasteiger partial charge in [-0.1, -0.05) is 29.8 Å². The molecule has 1 aliphatic rings. The molecule has 0 aliphatic carbocycles. The van der Waals surface area contributed by atoms with E-state index in [1.165, 1.54) is 31.5 Å². The summed E-state index contributed by atoms with van der Waals surface area (Å²) in [4.78, 5) is 4.68. The van der Waals surface area contributed by atoms with Gasteiger partial charge in [-0.05, 0) is 58.4 Å². The van der Waals surface area contributed by atoms with Crippen LogP contribution in [0, 0.1) is 12.8 Å². The van der Waals surface area contributed by atoms with Crippen LogP contribution < -0.4 is 0 Å². The highest BCUT2D eigenvalue weighted by atomic mass is 16.3. The van der Waals surface area contributed by atoms with Gasteiger partial charge in [0.1, 0.15) is 0 Å². The third-order valence-corrected chi connectivity index (χ3v) is 4.35. The van der Waals surface area contributed by atoms with E-state index >= 15 is 0 Å². The first-order chi connectivity index (χ1) is 9.54. The third kappa shape index (κ3) is 4.58. The number of piperidine rings is 1. The van der Waals surface area contributed by atoms with Crippen molar-refractivity contribution in [2.45, 2.75) is 25.9 Å². The number of aliphatic hydroxyl groups is 1. The van der Waals surface area contributed by atoms with Crippen LogP contribution in [0.3, 0.4) is 0 Å². The van der Waals surface area contributed by atoms with Gasteiger partial charge in [-0.15, -0.1) is 0 Å². The zero-order chi connectivity index (χ0) is 14.5. The van der Waals surface area contributed by atoms with E-state index in [2.05, 4.69) is 43.0 Å². The molecule has 1 saturated heterocycles. The van der Waals surface area contributed by atoms with Crippen LogP contribution in [0.25, 0.3) is 0 Å². The fourth-order valence-electron chi connectivity index (χ4n) is 2.95. The number of likely N-dealkylation sites (N-methyl/N-ethyl adjacent to an activating group) is 1. The molecule has 0 spiro atoms. The minimum absolute atomic E-state index is 0.383. The average molecular weight is 276 g/mol. The molecule has 0 radical (unpaired) electrons. The summed E-state index contributed by atoms with van der Waals surface area (Å²) in [5.74, 6) is 0.779. The quantitative estimate of drug-likeness (QED) is 0.894. The van der Waals surface area contributed by atoms with Gasteiger partial charge in [0.25, 0.3) is 0 Å². The Hall–Kier alpha value is -0.900. The molecule has 1 aromatic carbocycles. The van der Waals surface area contributed by atoms with Crippen LogP contribution >= 0.6 is 0 Å². The molecule has 1 unspecified atom stereocenters. The van der Waals surface area contributed by atoms with Crippen LogP contribution in [0.2, 0.25) is 0 Å². The van der Waals surface area contributed by atoms with Crippen LogP contribution in [-0.4, -0.2) is 55.2 Å². The second-order valence-electron chi connectivity index (χ2n) is 6.39. The summed E-state index contributed by atoms with van der Waals surface area (Å²) in [6.45, 7) is 6.30. The smallest absolute Gasteiger partial charge is 0.0916 e. The molecular weight excluding hydrogens is 248 g/mol. The monoisotopic (exact) mass is 276 g/mol. The highest BCUT2D eigenvalue weighted by Gasteiger charge is 2.19. The maximum absolute atomic E-state index is 10.3. The van der Waals surface area contributed by atoms with Crippen LogP contribution in [0.1, 0.15) is 30.1 Å². The molecule has 1 N–H and O–H groups in total. The van der Waals surface area contributed by atoms with Crippen molar-refractivity contribution in [3.8, 4) is 0 Å². The van der Waals surface area contributed by atoms with Gasteiger partial charge in [-0.25, -0.2) is 0 Å². The Morgan fingerprint density at radius 1 is 1.25 bits per heavy atom. The van der Waals surface area contributed by atoms with Crippen molar-refractivity contribution in [3.05, 3.63) is 35.4 Å². The molecule has 1 heterocycles. The first-order valence-electron chi connectivity index (χ1n) is 7.66. The van der Waals surface area contributed by atoms with Crippen molar-refractivity contribution in [3.63, 3.8) is 0 Å². The minimum Gasteiger partial charge on any atom is -0.387 e. The molecule has 0 aromatic heterocycles. The van der Waals surface area contributed by atoms with Crippen molar-refractivity contribution in [1.82, 2.24) is 9.80 Å². The van der Waals surface area contributed by atoms with E-state index in [1.807, 2.05) is 12.1 Å². The molecule has 3 nitrogen and oxygen atoms in total. The van der Waals surface area contributed by atoms with E-state index < -0.39 is 0 Å². The Labute approximate surface area is 123 Å². The summed E-state index contributed by atoms with van der Waals surface area (Å²) in [5.41, 5.74) is 2.26. The zero-order valence-electron chi connectivity index (χ0n) is 13.0. The van der Waals surface area contributed by atoms with Crippen LogP contribution in [0.4, 0.5) is 0 Å². The molecule has 1 fully saturated rings. The number of hydrogen-bond donors (Lipinski definition) is 1. The molecule has 20 heavy (non-hydrogen) atoms. The van der Waals surface area contributed by atoms with E-state index in [-0.39, 0.29) is 6.10 Å². The van der Waals surface area contributed by atoms with Crippen molar-refractivity contribution >= 4 is 0 Å². The number of likely N-dealkylation sites (tertiary alicyclic amines) is 1. The van der Waals surface area contributed by atoms with E-state index in [0.717, 1.165) is 24.6 Å². The lowest BCUT2D eigenvalue weighted by molar-refractivity contribution is 0.106. The number of aryl methyl sites for hydroxylation is 1. The molecule has 1 atom stereocenters. The van der Waals surface area contributed by atoms with Crippen molar-refractivity contribution in [1.29, 1.82) is 0 Å². The molecule has 1 aliphatic heterocycles. The van der Waals surface area contributed by atoms with E-state index in [9.17, 15) is 5.11 Å². The number of aliphatic hydroxyl groups excluding tert-OH is 1. The lowest BCUT2D eigenvalue weighted by Gasteiger charge is -2.32. The average Bonchev–Trinajstić information content (AvgIpc) is 2.42. The predicted octanol–water partition coefficient (Wildman–Crippen LogP) is 2.30. The lowest BCUT2D eigenvalue weighted by atomic mass is 9.96. The van der Waals surface area contributed by atoms with E-state index in [4.69, 9.17) is 0 Å². The predicted molar refractivity (Wildman–Crippen MR) is 83.9 cm³/mol. The highest BCUT2D eigenvalue weighted by Crippen LogP contribution is 2.19. The standard InChI is InChI=1S/C17H28N2O/c1-14-4-6-16(7-5-14)17(20)13-19(3)12-15-8-10-18(2)11-9-15/h4-7,15,17,20H,8-13H2,1-3H3. The first kappa shape index (κ1) is 15.5. The summed E-state index contributed by atoms with van der Waals surface area (Å²) in [6.07, 6.45) is 2.18. The molecule has 1 aromatic rings. The van der Waals surface area contributed by atoms with Crippen molar-refractivity contribution < 1.29 is 5.11 Å². The van der Waals surface area contributed by atoms with Gasteiger partial charge in [0.2, 0.25) is 0 Å². The fraction of sp³-hybridized carbons (Fsp3) is 0.647. The molecule has 2 rings (SSSR count). The second kappa shape index (κ2) is 7.21. The maximum Gasteiger partial charge on any atom is 0.0916 e. The molecular formula is C17H28N2O. The number of nitrogens with zero attached hydrogens (tertiary/aromatic N) is 2. The Balaban J connectivity index is 1.78. The van der Waals surface area contributed by atoms with Crippen molar-refractivity contribution in [2.75, 3.05) is 40.3 Å². The fourth-order valence-corrected chi connectivity index (χ4v) is 2.95. The molecule has 0 bridgehead atoms. The number of benzene rings is 1. The summed E-state index contributed by atoms with van der Waals surface area (Å²) in [6, 6.07) is 8.19. The zero-order valence-corrected chi connectivity index (χ0v) is 13.0. The maximum atomic E-state index is 10.3. The Morgan fingerprint density at radius 2 is 1.85 bits per heavy atom. The Bertz CT molecular complexity index is 396. The molecule has 112 valence electrons. The number of rotatable bonds is 5. The van der Waals surface area contributed by atoms with Crippen LogP contribution in [-0.2, 0) is 0 Å². The topological polar surface area (TPSA) is 26.7 Å². The summed E-state index contributed by atoms with van der Waals surface area (Å²) in [7, 11) is 4.32. The van der Waals surface area contributed by atoms with Gasteiger partial charge in [-0.2, -0.15) is 0 Å². The molecule has 3 heteroatoms. The lowest BCUT2D eigenvalue weighted by Crippen LogP contribution is -2.37. The van der Waals surface area contributed by atoms with Crippen molar-refractivity contribution in [2.24, 2.45) is 5.92 Å². The number of hydrogen-bond acceptors (Lipinski definition) is 3. The van der Waals surface area contributed by atoms with Crippen LogP contribution in [0.15, 0.2) is 24.3 Å². The first-order valence-corrected chi connectivity index (χ1v) is 7.66. The van der Waals surface area contributed by atoms with Gasteiger partial charge in [0.15, 0.2) is 0 Å². The molecule has 0 amide bonds. The normalized spacial score (nSPS) is 19.4. The highest BCUT2D eigenvalue weighted by molar-refractivity contribution is 5.23. The van der Waals surface area contributed by atoms with Gasteiger partial charge < -0.3 is 14.9 Å².